The minimum absolute atomic E-state index is 0.00338. The van der Waals surface area contributed by atoms with Crippen LogP contribution in [0.5, 0.6) is 0 Å². The topological polar surface area (TPSA) is 234 Å². The number of fused-ring (bicyclic) bond motifs is 5. The molecule has 2 saturated heterocycles. The molecule has 6 heterocycles. The predicted octanol–water partition coefficient (Wildman–Crippen LogP) is 1.73. The standard InChI is InChI=1S/C21H24FN9O9P2S2/c22-11-16-9(37-21(11)31-7-28-12-17(23)24-4-25-18(12)31)1-2-36-41(34,43)39-15-8(3-10(14(15)32)38-42(35,44)40-16)30-6-29-13-19(30)26-5-27-20(13)33/h4-11,14-16,21,32H,1-3H2,(H,34,43)(H,35,44)(H2,23,24,25)(H,26,27,33)/t8-,9-,10+,11-,14-,15+,16-,21-,41?,42?/m1/s1. The summed E-state index contributed by atoms with van der Waals surface area (Å²) in [5, 5.41) is 11.2. The van der Waals surface area contributed by atoms with Crippen LogP contribution in [0.2, 0.25) is 0 Å². The summed E-state index contributed by atoms with van der Waals surface area (Å²) in [6, 6.07) is -0.903. The molecule has 23 heteroatoms. The maximum Gasteiger partial charge on any atom is 0.386 e. The van der Waals surface area contributed by atoms with Crippen molar-refractivity contribution in [1.29, 1.82) is 0 Å². The number of nitrogens with zero attached hydrogens (tertiary/aromatic N) is 7. The molecule has 236 valence electrons. The van der Waals surface area contributed by atoms with Gasteiger partial charge in [0.05, 0.1) is 43.8 Å². The highest BCUT2D eigenvalue weighted by molar-refractivity contribution is 8.44. The number of imidazole rings is 2. The van der Waals surface area contributed by atoms with E-state index >= 15 is 4.39 Å². The number of H-pyrrole nitrogens is 1. The van der Waals surface area contributed by atoms with E-state index in [1.807, 2.05) is 0 Å². The largest absolute Gasteiger partial charge is 0.388 e. The molecule has 2 unspecified atom stereocenters. The van der Waals surface area contributed by atoms with Crippen molar-refractivity contribution >= 4 is 66.2 Å². The minimum Gasteiger partial charge on any atom is -0.388 e. The van der Waals surface area contributed by atoms with E-state index in [0.717, 1.165) is 0 Å². The molecule has 0 aromatic carbocycles. The first-order chi connectivity index (χ1) is 20.9. The predicted molar refractivity (Wildman–Crippen MR) is 155 cm³/mol. The Bertz CT molecular complexity index is 1900. The van der Waals surface area contributed by atoms with E-state index < -0.39 is 68.1 Å². The maximum atomic E-state index is 16.1. The Labute approximate surface area is 256 Å². The highest BCUT2D eigenvalue weighted by Gasteiger charge is 2.54. The summed E-state index contributed by atoms with van der Waals surface area (Å²) in [5.41, 5.74) is 5.89. The van der Waals surface area contributed by atoms with Gasteiger partial charge in [0.2, 0.25) is 0 Å². The first-order valence-corrected chi connectivity index (χ1v) is 18.5. The van der Waals surface area contributed by atoms with Gasteiger partial charge in [-0.2, -0.15) is 0 Å². The SMILES string of the molecule is Nc1ncnc2c1ncn2[C@@H]1O[C@@H]2CCOP(=O)(S)O[C@@H]3[C@H](O)[C@H](C[C@H]3n3cnc4c(=O)[nH]cnc43)OP(=O)(S)O[C@H]2[C@H]1F. The lowest BCUT2D eigenvalue weighted by atomic mass is 10.1. The quantitative estimate of drug-likeness (QED) is 0.149. The Morgan fingerprint density at radius 1 is 0.977 bits per heavy atom. The molecule has 1 aliphatic carbocycles. The van der Waals surface area contributed by atoms with Gasteiger partial charge >= 0.3 is 13.6 Å². The third kappa shape index (κ3) is 5.28. The Morgan fingerprint density at radius 3 is 2.52 bits per heavy atom. The van der Waals surface area contributed by atoms with Gasteiger partial charge in [-0.25, -0.2) is 38.4 Å². The van der Waals surface area contributed by atoms with E-state index in [9.17, 15) is 19.0 Å². The van der Waals surface area contributed by atoms with Crippen molar-refractivity contribution in [2.45, 2.75) is 61.8 Å². The summed E-state index contributed by atoms with van der Waals surface area (Å²) in [5.74, 6) is 0.0742. The van der Waals surface area contributed by atoms with E-state index in [1.165, 1.54) is 34.4 Å². The van der Waals surface area contributed by atoms with Crippen molar-refractivity contribution in [3.63, 3.8) is 0 Å². The minimum atomic E-state index is -4.43. The van der Waals surface area contributed by atoms with Crippen LogP contribution in [-0.4, -0.2) is 87.4 Å². The zero-order valence-corrected chi connectivity index (χ0v) is 25.7. The fourth-order valence-corrected chi connectivity index (χ4v) is 9.11. The van der Waals surface area contributed by atoms with Crippen molar-refractivity contribution in [3.05, 3.63) is 35.7 Å². The Hall–Kier alpha value is -2.45. The van der Waals surface area contributed by atoms with Crippen LogP contribution in [0, 0.1) is 0 Å². The smallest absolute Gasteiger partial charge is 0.386 e. The van der Waals surface area contributed by atoms with Gasteiger partial charge < -0.3 is 29.7 Å². The second-order valence-corrected chi connectivity index (χ2v) is 16.0. The lowest BCUT2D eigenvalue weighted by Gasteiger charge is -2.26. The van der Waals surface area contributed by atoms with Crippen LogP contribution in [0.3, 0.4) is 0 Å². The van der Waals surface area contributed by atoms with Gasteiger partial charge in [-0.1, -0.05) is 24.5 Å². The molecule has 7 rings (SSSR count). The number of anilines is 1. The highest BCUT2D eigenvalue weighted by Crippen LogP contribution is 2.62. The van der Waals surface area contributed by atoms with Crippen molar-refractivity contribution in [2.24, 2.45) is 0 Å². The summed E-state index contributed by atoms with van der Waals surface area (Å²) in [6.07, 6.45) is -5.49. The Morgan fingerprint density at radius 2 is 1.70 bits per heavy atom. The number of aliphatic hydroxyl groups excluding tert-OH is 1. The number of aliphatic hydroxyl groups is 1. The van der Waals surface area contributed by atoms with Gasteiger partial charge in [0, 0.05) is 12.8 Å². The van der Waals surface area contributed by atoms with Crippen LogP contribution in [0.4, 0.5) is 10.2 Å². The summed E-state index contributed by atoms with van der Waals surface area (Å²) in [7, 11) is 0. The number of nitrogens with one attached hydrogen (secondary N) is 1. The molecule has 4 N–H and O–H groups in total. The summed E-state index contributed by atoms with van der Waals surface area (Å²) in [6.45, 7) is -8.96. The normalized spacial score (nSPS) is 38.3. The van der Waals surface area contributed by atoms with Gasteiger partial charge in [0.1, 0.15) is 30.2 Å². The zero-order chi connectivity index (χ0) is 31.0. The van der Waals surface area contributed by atoms with Gasteiger partial charge in [-0.3, -0.25) is 22.9 Å². The van der Waals surface area contributed by atoms with Crippen molar-refractivity contribution in [3.8, 4) is 0 Å². The first kappa shape index (κ1) is 30.2. The molecule has 0 amide bonds. The lowest BCUT2D eigenvalue weighted by molar-refractivity contribution is -0.0298. The number of nitrogen functional groups attached to an aromatic ring is 1. The maximum absolute atomic E-state index is 16.1. The van der Waals surface area contributed by atoms with Gasteiger partial charge in [0.25, 0.3) is 5.56 Å². The first-order valence-electron chi connectivity index (χ1n) is 13.1. The van der Waals surface area contributed by atoms with Gasteiger partial charge in [-0.05, 0) is 0 Å². The fourth-order valence-electron chi connectivity index (χ4n) is 5.72. The summed E-state index contributed by atoms with van der Waals surface area (Å²) in [4.78, 5) is 35.0. The van der Waals surface area contributed by atoms with Crippen LogP contribution in [-0.2, 0) is 32.0 Å². The molecule has 2 aliphatic heterocycles. The van der Waals surface area contributed by atoms with Crippen LogP contribution >= 0.6 is 38.1 Å². The van der Waals surface area contributed by atoms with Crippen LogP contribution in [0.25, 0.3) is 22.3 Å². The average Bonchev–Trinajstić information content (AvgIpc) is 3.71. The molecule has 1 saturated carbocycles. The zero-order valence-electron chi connectivity index (χ0n) is 22.1. The third-order valence-corrected chi connectivity index (χ3v) is 10.9. The molecular formula is C21H24FN9O9P2S2. The number of alkyl halides is 1. The van der Waals surface area contributed by atoms with E-state index in [1.54, 1.807) is 0 Å². The second-order valence-electron chi connectivity index (χ2n) is 10.3. The number of hydrogen-bond donors (Lipinski definition) is 5. The molecule has 4 aromatic heterocycles. The van der Waals surface area contributed by atoms with Gasteiger partial charge in [-0.15, -0.1) is 0 Å². The van der Waals surface area contributed by atoms with Crippen LogP contribution < -0.4 is 11.3 Å². The lowest BCUT2D eigenvalue weighted by Crippen LogP contribution is -2.34. The van der Waals surface area contributed by atoms with E-state index in [2.05, 4.69) is 54.4 Å². The number of halogens is 1. The summed E-state index contributed by atoms with van der Waals surface area (Å²) < 4.78 is 74.2. The number of rotatable bonds is 2. The average molecular weight is 692 g/mol. The molecule has 0 radical (unpaired) electrons. The molecule has 18 nitrogen and oxygen atoms in total. The number of aromatic nitrogens is 8. The monoisotopic (exact) mass is 691 g/mol. The molecule has 44 heavy (non-hydrogen) atoms. The number of ether oxygens (including phenoxy) is 1. The summed E-state index contributed by atoms with van der Waals surface area (Å²) >= 11 is 8.17. The number of aromatic amines is 1. The molecular weight excluding hydrogens is 667 g/mol. The Kier molecular flexibility index (Phi) is 7.63. The number of hydrogen-bond acceptors (Lipinski definition) is 15. The molecule has 0 spiro atoms. The molecule has 3 fully saturated rings. The molecule has 3 aliphatic rings. The number of thiol groups is 2. The molecule has 4 aromatic rings. The van der Waals surface area contributed by atoms with Crippen molar-refractivity contribution in [2.75, 3.05) is 12.3 Å². The van der Waals surface area contributed by atoms with Crippen molar-refractivity contribution < 1.29 is 41.5 Å². The fraction of sp³-hybridized carbons (Fsp3) is 0.524. The number of nitrogens with two attached hydrogens (primary N) is 1. The van der Waals surface area contributed by atoms with E-state index in [0.29, 0.717) is 0 Å². The van der Waals surface area contributed by atoms with E-state index in [4.69, 9.17) is 28.6 Å². The van der Waals surface area contributed by atoms with Gasteiger partial charge in [0.15, 0.2) is 35.0 Å². The van der Waals surface area contributed by atoms with Crippen LogP contribution in [0.1, 0.15) is 25.1 Å². The molecule has 10 atom stereocenters. The highest BCUT2D eigenvalue weighted by atomic mass is 32.7. The second kappa shape index (κ2) is 11.1. The molecule has 2 bridgehead atoms. The van der Waals surface area contributed by atoms with Crippen LogP contribution in [0.15, 0.2) is 30.1 Å². The third-order valence-electron chi connectivity index (χ3n) is 7.66. The van der Waals surface area contributed by atoms with Crippen molar-refractivity contribution in [1.82, 2.24) is 39.0 Å². The van der Waals surface area contributed by atoms with E-state index in [-0.39, 0.29) is 47.6 Å². The Balaban J connectivity index is 1.21.